The van der Waals surface area contributed by atoms with Gasteiger partial charge in [-0.15, -0.1) is 0 Å². The zero-order valence-corrected chi connectivity index (χ0v) is 17.7. The molecule has 0 bridgehead atoms. The third-order valence-corrected chi connectivity index (χ3v) is 6.87. The summed E-state index contributed by atoms with van der Waals surface area (Å²) in [6, 6.07) is 39.6. The highest BCUT2D eigenvalue weighted by atomic mass is 31.1. The van der Waals surface area contributed by atoms with E-state index in [1.54, 1.807) is 0 Å². The van der Waals surface area contributed by atoms with E-state index < -0.39 is 0 Å². The van der Waals surface area contributed by atoms with Crippen LogP contribution in [0.3, 0.4) is 0 Å². The number of rotatable bonds is 8. The van der Waals surface area contributed by atoms with Crippen molar-refractivity contribution >= 4 is 19.2 Å². The van der Waals surface area contributed by atoms with Crippen LogP contribution in [0.25, 0.3) is 0 Å². The molecule has 1 heteroatoms. The molecule has 0 N–H and O–H groups in total. The van der Waals surface area contributed by atoms with E-state index >= 15 is 0 Å². The van der Waals surface area contributed by atoms with E-state index in [0.29, 0.717) is 8.58 Å². The standard InChI is InChI=1S/C28H27P/c1-3-11-23(12-4-1)19-21-25-15-7-9-17-27(25)29-28-18-10-8-16-26(28)22-20-24-13-5-2-6-14-24/h1-18,29H,19-22H2. The minimum atomic E-state index is 0.709. The molecule has 0 amide bonds. The smallest absolute Gasteiger partial charge is 0.0194 e. The van der Waals surface area contributed by atoms with Gasteiger partial charge >= 0.3 is 0 Å². The Morgan fingerprint density at radius 3 is 1.21 bits per heavy atom. The summed E-state index contributed by atoms with van der Waals surface area (Å²) in [5, 5.41) is 2.96. The fourth-order valence-electron chi connectivity index (χ4n) is 3.71. The minimum absolute atomic E-state index is 0.709. The van der Waals surface area contributed by atoms with Crippen LogP contribution < -0.4 is 10.6 Å². The maximum Gasteiger partial charge on any atom is -0.0194 e. The Morgan fingerprint density at radius 2 is 0.759 bits per heavy atom. The number of aryl methyl sites for hydroxylation is 4. The molecule has 144 valence electrons. The third kappa shape index (κ3) is 5.66. The molecule has 0 heterocycles. The van der Waals surface area contributed by atoms with Crippen LogP contribution in [0.1, 0.15) is 22.3 Å². The van der Waals surface area contributed by atoms with Gasteiger partial charge in [-0.1, -0.05) is 118 Å². The van der Waals surface area contributed by atoms with Crippen molar-refractivity contribution in [1.82, 2.24) is 0 Å². The molecule has 0 fully saturated rings. The Hall–Kier alpha value is -2.69. The SMILES string of the molecule is c1ccc(CCc2ccccc2Pc2ccccc2CCc2ccccc2)cc1. The van der Waals surface area contributed by atoms with Crippen molar-refractivity contribution in [3.63, 3.8) is 0 Å². The van der Waals surface area contributed by atoms with E-state index in [4.69, 9.17) is 0 Å². The predicted octanol–water partition coefficient (Wildman–Crippen LogP) is 5.89. The van der Waals surface area contributed by atoms with Gasteiger partial charge in [0.1, 0.15) is 0 Å². The van der Waals surface area contributed by atoms with Crippen molar-refractivity contribution in [2.45, 2.75) is 25.7 Å². The molecule has 0 radical (unpaired) electrons. The molecule has 0 spiro atoms. The highest BCUT2D eigenvalue weighted by molar-refractivity contribution is 7.55. The van der Waals surface area contributed by atoms with Gasteiger partial charge in [0.2, 0.25) is 0 Å². The maximum absolute atomic E-state index is 2.31. The Morgan fingerprint density at radius 1 is 0.379 bits per heavy atom. The van der Waals surface area contributed by atoms with Gasteiger partial charge in [0.05, 0.1) is 0 Å². The quantitative estimate of drug-likeness (QED) is 0.327. The molecule has 0 aromatic heterocycles. The van der Waals surface area contributed by atoms with Gasteiger partial charge in [0.25, 0.3) is 0 Å². The summed E-state index contributed by atoms with van der Waals surface area (Å²) in [5.41, 5.74) is 5.78. The second-order valence-electron chi connectivity index (χ2n) is 7.41. The lowest BCUT2D eigenvalue weighted by atomic mass is 10.0. The first-order valence-corrected chi connectivity index (χ1v) is 11.4. The number of hydrogen-bond donors (Lipinski definition) is 0. The molecule has 29 heavy (non-hydrogen) atoms. The van der Waals surface area contributed by atoms with Crippen LogP contribution in [0, 0.1) is 0 Å². The van der Waals surface area contributed by atoms with E-state index in [1.807, 2.05) is 0 Å². The van der Waals surface area contributed by atoms with Crippen molar-refractivity contribution in [1.29, 1.82) is 0 Å². The van der Waals surface area contributed by atoms with Gasteiger partial charge < -0.3 is 0 Å². The summed E-state index contributed by atoms with van der Waals surface area (Å²) in [6.07, 6.45) is 4.38. The van der Waals surface area contributed by atoms with Gasteiger partial charge in [-0.2, -0.15) is 0 Å². The zero-order valence-electron chi connectivity index (χ0n) is 16.7. The van der Waals surface area contributed by atoms with Gasteiger partial charge in [0, 0.05) is 0 Å². The first-order valence-electron chi connectivity index (χ1n) is 10.4. The van der Waals surface area contributed by atoms with Crippen molar-refractivity contribution < 1.29 is 0 Å². The summed E-state index contributed by atoms with van der Waals surface area (Å²) >= 11 is 0. The largest absolute Gasteiger partial charge is 0.0622 e. The lowest BCUT2D eigenvalue weighted by molar-refractivity contribution is 0.965. The Kier molecular flexibility index (Phi) is 6.89. The highest BCUT2D eigenvalue weighted by Crippen LogP contribution is 2.19. The molecule has 0 nitrogen and oxygen atoms in total. The first kappa shape index (κ1) is 19.6. The molecule has 4 aromatic carbocycles. The van der Waals surface area contributed by atoms with E-state index in [1.165, 1.54) is 32.9 Å². The molecule has 0 aliphatic rings. The zero-order chi connectivity index (χ0) is 19.7. The van der Waals surface area contributed by atoms with E-state index in [9.17, 15) is 0 Å². The van der Waals surface area contributed by atoms with Crippen molar-refractivity contribution in [2.24, 2.45) is 0 Å². The second kappa shape index (κ2) is 10.2. The van der Waals surface area contributed by atoms with Crippen LogP contribution in [0.15, 0.2) is 109 Å². The van der Waals surface area contributed by atoms with Crippen LogP contribution in [0.5, 0.6) is 0 Å². The van der Waals surface area contributed by atoms with Gasteiger partial charge in [0.15, 0.2) is 0 Å². The van der Waals surface area contributed by atoms with Crippen molar-refractivity contribution in [3.8, 4) is 0 Å². The molecule has 0 unspecified atom stereocenters. The summed E-state index contributed by atoms with van der Waals surface area (Å²) in [6.45, 7) is 0. The average molecular weight is 394 g/mol. The molecule has 4 rings (SSSR count). The molecule has 0 aliphatic heterocycles. The normalized spacial score (nSPS) is 10.8. The molecular formula is C28H27P. The van der Waals surface area contributed by atoms with Crippen LogP contribution in [0.2, 0.25) is 0 Å². The van der Waals surface area contributed by atoms with Crippen LogP contribution >= 0.6 is 8.58 Å². The number of hydrogen-bond acceptors (Lipinski definition) is 0. The van der Waals surface area contributed by atoms with Crippen LogP contribution in [-0.4, -0.2) is 0 Å². The topological polar surface area (TPSA) is 0 Å². The molecule has 0 saturated heterocycles. The van der Waals surface area contributed by atoms with Gasteiger partial charge in [-0.3, -0.25) is 0 Å². The first-order chi connectivity index (χ1) is 14.4. The Balaban J connectivity index is 1.48. The Bertz CT molecular complexity index is 937. The summed E-state index contributed by atoms with van der Waals surface area (Å²) in [7, 11) is 0.709. The second-order valence-corrected chi connectivity index (χ2v) is 8.74. The number of benzene rings is 4. The molecule has 0 aliphatic carbocycles. The molecule has 0 atom stereocenters. The predicted molar refractivity (Wildman–Crippen MR) is 128 cm³/mol. The van der Waals surface area contributed by atoms with E-state index in [0.717, 1.165) is 25.7 Å². The monoisotopic (exact) mass is 394 g/mol. The van der Waals surface area contributed by atoms with Crippen molar-refractivity contribution in [3.05, 3.63) is 131 Å². The highest BCUT2D eigenvalue weighted by Gasteiger charge is 2.08. The average Bonchev–Trinajstić information content (AvgIpc) is 2.79. The van der Waals surface area contributed by atoms with Crippen molar-refractivity contribution in [2.75, 3.05) is 0 Å². The Labute approximate surface area is 176 Å². The minimum Gasteiger partial charge on any atom is -0.0622 e. The fourth-order valence-corrected chi connectivity index (χ4v) is 5.10. The third-order valence-electron chi connectivity index (χ3n) is 5.36. The van der Waals surface area contributed by atoms with Crippen LogP contribution in [-0.2, 0) is 25.7 Å². The van der Waals surface area contributed by atoms with E-state index in [2.05, 4.69) is 109 Å². The summed E-state index contributed by atoms with van der Waals surface area (Å²) in [5.74, 6) is 0. The molecule has 0 saturated carbocycles. The lowest BCUT2D eigenvalue weighted by Gasteiger charge is -2.13. The summed E-state index contributed by atoms with van der Waals surface area (Å²) < 4.78 is 0. The summed E-state index contributed by atoms with van der Waals surface area (Å²) in [4.78, 5) is 0. The fraction of sp³-hybridized carbons (Fsp3) is 0.143. The lowest BCUT2D eigenvalue weighted by Crippen LogP contribution is -2.13. The van der Waals surface area contributed by atoms with Gasteiger partial charge in [-0.25, -0.2) is 0 Å². The maximum atomic E-state index is 2.31. The van der Waals surface area contributed by atoms with Crippen LogP contribution in [0.4, 0.5) is 0 Å². The molecule has 4 aromatic rings. The molecular weight excluding hydrogens is 367 g/mol. The van der Waals surface area contributed by atoms with E-state index in [-0.39, 0.29) is 0 Å². The van der Waals surface area contributed by atoms with Gasteiger partial charge in [-0.05, 0) is 58.5 Å².